The lowest BCUT2D eigenvalue weighted by Gasteiger charge is -2.32. The van der Waals surface area contributed by atoms with Gasteiger partial charge in [0.2, 0.25) is 13.6 Å². The average Bonchev–Trinajstić information content (AvgIpc) is 3.99. The van der Waals surface area contributed by atoms with Crippen molar-refractivity contribution in [1.82, 2.24) is 0 Å². The number of carbonyl (C=O) groups is 5. The van der Waals surface area contributed by atoms with E-state index in [-0.39, 0.29) is 0 Å². The lowest BCUT2D eigenvalue weighted by atomic mass is 9.83. The Morgan fingerprint density at radius 1 is 0.368 bits per heavy atom. The molecule has 0 saturated heterocycles. The van der Waals surface area contributed by atoms with E-state index < -0.39 is 73.8 Å². The molecule has 0 bridgehead atoms. The minimum absolute atomic E-state index is 0.334. The molecule has 3 aromatic rings. The Balaban J connectivity index is 1.46. The average molecular weight is 1150 g/mol. The zero-order valence-electron chi connectivity index (χ0n) is 39.5. The number of carboxylic acids is 1. The van der Waals surface area contributed by atoms with Crippen LogP contribution in [0, 0.1) is 0 Å². The summed E-state index contributed by atoms with van der Waals surface area (Å²) in [5.41, 5.74) is 4.34. The Morgan fingerprint density at radius 3 is 0.779 bits per heavy atom. The quantitative estimate of drug-likeness (QED) is 0.117. The van der Waals surface area contributed by atoms with Crippen LogP contribution >= 0.6 is 141 Å². The third-order valence-corrected chi connectivity index (χ3v) is 27.8. The normalized spacial score (nSPS) is 20.8. The van der Waals surface area contributed by atoms with Crippen LogP contribution in [0.3, 0.4) is 0 Å². The molecule has 6 aliphatic heterocycles. The molecule has 22 heteroatoms. The van der Waals surface area contributed by atoms with E-state index in [0.717, 1.165) is 75.4 Å². The number of fused-ring (bicyclic) bond motifs is 6. The molecule has 0 saturated carbocycles. The van der Waals surface area contributed by atoms with Crippen LogP contribution in [-0.4, -0.2) is 73.0 Å². The highest BCUT2D eigenvalue weighted by Gasteiger charge is 2.54. The lowest BCUT2D eigenvalue weighted by Crippen LogP contribution is -2.18. The lowest BCUT2D eigenvalue weighted by molar-refractivity contribution is -0.150. The first-order chi connectivity index (χ1) is 31.4. The molecule has 6 aliphatic rings. The second-order valence-electron chi connectivity index (χ2n) is 19.0. The highest BCUT2D eigenvalue weighted by atomic mass is 32.2. The number of aromatic carboxylic acids is 1. The van der Waals surface area contributed by atoms with Gasteiger partial charge in [-0.3, -0.25) is 9.59 Å². The van der Waals surface area contributed by atoms with E-state index in [1.165, 1.54) is 13.8 Å². The van der Waals surface area contributed by atoms with Gasteiger partial charge in [0.1, 0.15) is 0 Å². The van der Waals surface area contributed by atoms with Crippen molar-refractivity contribution in [2.45, 2.75) is 186 Å². The van der Waals surface area contributed by atoms with Crippen molar-refractivity contribution < 1.29 is 48.0 Å². The van der Waals surface area contributed by atoms with Crippen LogP contribution in [0.25, 0.3) is 0 Å². The third-order valence-electron chi connectivity index (χ3n) is 10.6. The van der Waals surface area contributed by atoms with Gasteiger partial charge in [-0.05, 0) is 99.8 Å². The molecule has 6 heterocycles. The van der Waals surface area contributed by atoms with Crippen LogP contribution in [0.15, 0.2) is 58.7 Å². The third kappa shape index (κ3) is 9.62. The number of hydrogen-bond acceptors (Lipinski definition) is 21. The molecule has 3 aromatic carbocycles. The number of esters is 4. The molecule has 364 valence electrons. The van der Waals surface area contributed by atoms with Gasteiger partial charge < -0.3 is 24.1 Å². The molecule has 1 N–H and O–H groups in total. The first kappa shape index (κ1) is 52.1. The smallest absolute Gasteiger partial charge is 0.343 e. The Kier molecular flexibility index (Phi) is 13.8. The molecule has 0 spiro atoms. The van der Waals surface area contributed by atoms with E-state index >= 15 is 0 Å². The number of benzene rings is 3. The van der Waals surface area contributed by atoms with Crippen LogP contribution < -0.4 is 0 Å². The summed E-state index contributed by atoms with van der Waals surface area (Å²) in [4.78, 5) is 76.9. The molecule has 0 aromatic heterocycles. The molecule has 0 amide bonds. The zero-order chi connectivity index (χ0) is 49.6. The minimum Gasteiger partial charge on any atom is -0.478 e. The highest BCUT2D eigenvalue weighted by Crippen LogP contribution is 2.75. The van der Waals surface area contributed by atoms with Gasteiger partial charge in [0.05, 0.1) is 41.2 Å². The largest absolute Gasteiger partial charge is 0.478 e. The van der Waals surface area contributed by atoms with Crippen molar-refractivity contribution in [1.29, 1.82) is 0 Å². The molecule has 0 atom stereocenters. The number of thioether (sulfide) groups is 12. The van der Waals surface area contributed by atoms with E-state index in [4.69, 9.17) is 18.9 Å². The summed E-state index contributed by atoms with van der Waals surface area (Å²) in [7, 11) is 0. The van der Waals surface area contributed by atoms with Crippen LogP contribution in [0.1, 0.15) is 151 Å². The van der Waals surface area contributed by atoms with Gasteiger partial charge in [-0.25, -0.2) is 14.4 Å². The summed E-state index contributed by atoms with van der Waals surface area (Å²) in [6, 6.07) is 0. The van der Waals surface area contributed by atoms with Gasteiger partial charge in [-0.15, -0.1) is 141 Å². The van der Waals surface area contributed by atoms with E-state index in [1.807, 2.05) is 0 Å². The Labute approximate surface area is 447 Å². The van der Waals surface area contributed by atoms with Gasteiger partial charge >= 0.3 is 29.8 Å². The fourth-order valence-corrected chi connectivity index (χ4v) is 26.4. The van der Waals surface area contributed by atoms with Crippen molar-refractivity contribution in [3.63, 3.8) is 0 Å². The van der Waals surface area contributed by atoms with E-state index in [2.05, 4.69) is 83.1 Å². The van der Waals surface area contributed by atoms with Crippen LogP contribution in [0.2, 0.25) is 0 Å². The monoisotopic (exact) mass is 1140 g/mol. The van der Waals surface area contributed by atoms with E-state index in [1.54, 1.807) is 141 Å². The molecular formula is C46H48O10S12. The molecule has 0 unspecified atom stereocenters. The number of hydrogen-bond donors (Lipinski definition) is 1. The minimum atomic E-state index is -0.959. The molecule has 0 aliphatic carbocycles. The molecule has 10 nitrogen and oxygen atoms in total. The Bertz CT molecular complexity index is 2550. The summed E-state index contributed by atoms with van der Waals surface area (Å²) in [5.74, 6) is -3.77. The number of carboxylic acid groups (broad SMARTS) is 1. The van der Waals surface area contributed by atoms with Gasteiger partial charge in [-0.1, -0.05) is 0 Å². The number of carbonyl (C=O) groups excluding carboxylic acids is 4. The van der Waals surface area contributed by atoms with Crippen molar-refractivity contribution in [2.24, 2.45) is 0 Å². The van der Waals surface area contributed by atoms with Crippen molar-refractivity contribution in [3.8, 4) is 0 Å². The highest BCUT2D eigenvalue weighted by molar-refractivity contribution is 8.23. The maximum Gasteiger partial charge on any atom is 0.343 e. The fraction of sp³-hybridized carbons (Fsp3) is 0.500. The zero-order valence-corrected chi connectivity index (χ0v) is 49.3. The second-order valence-corrected chi connectivity index (χ2v) is 40.2. The molecule has 0 fully saturated rings. The standard InChI is InChI=1S/C46H48O10S12/c1-17(47)53-15-55-39(51)24-34-28(59-43(7,8)65-34)21(29-35(24)66-44(9,10)60-29)19(20-26-32(63-41(3,4)57-26)23(38(49)50)33-27(20)58-42(5,6)64-33)22-30-36(67-45(11,12)61-30)25(40(52)56-16-54-18(2)48)37-31(22)62-46(13,14)68-37/h19H,15-16H2,1-14H3,(H,49,50). The van der Waals surface area contributed by atoms with Gasteiger partial charge in [0, 0.05) is 78.5 Å². The molecule has 0 radical (unpaired) electrons. The van der Waals surface area contributed by atoms with E-state index in [0.29, 0.717) is 16.7 Å². The van der Waals surface area contributed by atoms with Crippen molar-refractivity contribution in [2.75, 3.05) is 13.6 Å². The number of ether oxygens (including phenoxy) is 4. The molecular weight excluding hydrogens is 1100 g/mol. The SMILES string of the molecule is CC(=O)OCOC(=O)c1c2c(c(C(c3c4c(c(C(=O)O)c5c3SC(C)(C)S5)SC(C)(C)S4)c3c4c(c(C(=O)OCOC(C)=O)c5c3SC(C)(C)S5)SC(C)(C)S4)c3c1SC(C)(C)S3)SC(C)(C)S2. The maximum absolute atomic E-state index is 14.6. The van der Waals surface area contributed by atoms with Gasteiger partial charge in [-0.2, -0.15) is 0 Å². The first-order valence-corrected chi connectivity index (χ1v) is 31.0. The topological polar surface area (TPSA) is 142 Å². The summed E-state index contributed by atoms with van der Waals surface area (Å²) in [6.07, 6.45) is 0. The van der Waals surface area contributed by atoms with Crippen LogP contribution in [-0.2, 0) is 28.5 Å². The molecule has 68 heavy (non-hydrogen) atoms. The summed E-state index contributed by atoms with van der Waals surface area (Å²) in [5, 5.41) is 11.2. The van der Waals surface area contributed by atoms with Crippen LogP contribution in [0.4, 0.5) is 0 Å². The predicted octanol–water partition coefficient (Wildman–Crippen LogP) is 15.5. The Hall–Kier alpha value is -0.790. The molecule has 9 rings (SSSR count). The summed E-state index contributed by atoms with van der Waals surface area (Å²) < 4.78 is 19.3. The van der Waals surface area contributed by atoms with Crippen molar-refractivity contribution >= 4 is 171 Å². The van der Waals surface area contributed by atoms with Gasteiger partial charge in [0.25, 0.3) is 0 Å². The summed E-state index contributed by atoms with van der Waals surface area (Å²) >= 11 is 19.9. The summed E-state index contributed by atoms with van der Waals surface area (Å²) in [6.45, 7) is 27.3. The maximum atomic E-state index is 14.6. The second kappa shape index (κ2) is 18.0. The van der Waals surface area contributed by atoms with Crippen molar-refractivity contribution in [3.05, 3.63) is 33.4 Å². The van der Waals surface area contributed by atoms with Crippen LogP contribution in [0.5, 0.6) is 0 Å². The van der Waals surface area contributed by atoms with Gasteiger partial charge in [0.15, 0.2) is 0 Å². The fourth-order valence-electron chi connectivity index (χ4n) is 8.56. The van der Waals surface area contributed by atoms with E-state index in [9.17, 15) is 29.1 Å². The number of rotatable bonds is 10. The Morgan fingerprint density at radius 2 is 0.574 bits per heavy atom. The predicted molar refractivity (Wildman–Crippen MR) is 286 cm³/mol. The first-order valence-electron chi connectivity index (χ1n) is 21.2.